The van der Waals surface area contributed by atoms with Gasteiger partial charge < -0.3 is 5.11 Å². The molecule has 17 heavy (non-hydrogen) atoms. The fourth-order valence-electron chi connectivity index (χ4n) is 4.06. The second-order valence-corrected chi connectivity index (χ2v) is 5.52. The van der Waals surface area contributed by atoms with Crippen LogP contribution >= 0.6 is 0 Å². The maximum absolute atomic E-state index is 10.3. The van der Waals surface area contributed by atoms with Crippen molar-refractivity contribution in [3.63, 3.8) is 0 Å². The number of hydrogen-bond acceptors (Lipinski definition) is 1. The van der Waals surface area contributed by atoms with Crippen LogP contribution in [0, 0.1) is 23.7 Å². The van der Waals surface area contributed by atoms with Gasteiger partial charge in [0, 0.05) is 5.92 Å². The first-order chi connectivity index (χ1) is 8.34. The van der Waals surface area contributed by atoms with Crippen molar-refractivity contribution >= 4 is 5.57 Å². The molecule has 0 saturated heterocycles. The van der Waals surface area contributed by atoms with Gasteiger partial charge in [0.1, 0.15) is 0 Å². The molecule has 0 spiro atoms. The van der Waals surface area contributed by atoms with Crippen LogP contribution in [-0.4, -0.2) is 11.2 Å². The number of aliphatic hydroxyl groups excluding tert-OH is 1. The number of aliphatic hydroxyl groups is 1. The van der Waals surface area contributed by atoms with Gasteiger partial charge in [0.15, 0.2) is 0 Å². The fraction of sp³-hybridized carbons (Fsp3) is 0.375. The maximum Gasteiger partial charge on any atom is 0.0617 e. The number of allylic oxidation sites excluding steroid dienone is 3. The van der Waals surface area contributed by atoms with Crippen LogP contribution in [0.2, 0.25) is 0 Å². The lowest BCUT2D eigenvalue weighted by Gasteiger charge is -2.19. The van der Waals surface area contributed by atoms with E-state index in [4.69, 9.17) is 0 Å². The van der Waals surface area contributed by atoms with E-state index in [-0.39, 0.29) is 6.10 Å². The molecule has 1 saturated carbocycles. The largest absolute Gasteiger partial charge is 0.392 e. The summed E-state index contributed by atoms with van der Waals surface area (Å²) in [5.41, 5.74) is 2.67. The monoisotopic (exact) mass is 224 g/mol. The van der Waals surface area contributed by atoms with E-state index in [1.807, 2.05) is 6.07 Å². The Kier molecular flexibility index (Phi) is 1.89. The molecule has 1 aromatic carbocycles. The number of hydrogen-bond donors (Lipinski definition) is 1. The highest BCUT2D eigenvalue weighted by molar-refractivity contribution is 5.72. The average molecular weight is 224 g/mol. The third kappa shape index (κ3) is 1.23. The molecule has 0 aliphatic heterocycles. The van der Waals surface area contributed by atoms with Crippen LogP contribution in [0.5, 0.6) is 0 Å². The number of rotatable bonds is 1. The second-order valence-electron chi connectivity index (χ2n) is 5.52. The summed E-state index contributed by atoms with van der Waals surface area (Å²) in [6.07, 6.45) is 7.84. The highest BCUT2D eigenvalue weighted by atomic mass is 16.3. The second kappa shape index (κ2) is 3.33. The molecule has 1 N–H and O–H groups in total. The molecule has 0 unspecified atom stereocenters. The van der Waals surface area contributed by atoms with E-state index >= 15 is 0 Å². The molecule has 0 aromatic heterocycles. The highest BCUT2D eigenvalue weighted by Crippen LogP contribution is 2.57. The molecule has 3 aliphatic carbocycles. The van der Waals surface area contributed by atoms with Crippen LogP contribution in [0.4, 0.5) is 0 Å². The Balaban J connectivity index is 1.80. The van der Waals surface area contributed by atoms with Gasteiger partial charge in [0.05, 0.1) is 6.10 Å². The van der Waals surface area contributed by atoms with Gasteiger partial charge >= 0.3 is 0 Å². The van der Waals surface area contributed by atoms with Gasteiger partial charge in [-0.05, 0) is 35.3 Å². The van der Waals surface area contributed by atoms with Crippen molar-refractivity contribution in [3.8, 4) is 0 Å². The quantitative estimate of drug-likeness (QED) is 0.727. The van der Waals surface area contributed by atoms with E-state index < -0.39 is 0 Å². The minimum atomic E-state index is -0.147. The lowest BCUT2D eigenvalue weighted by molar-refractivity contribution is 0.146. The van der Waals surface area contributed by atoms with Crippen LogP contribution in [0.3, 0.4) is 0 Å². The summed E-state index contributed by atoms with van der Waals surface area (Å²) in [5, 5.41) is 10.3. The lowest BCUT2D eigenvalue weighted by Crippen LogP contribution is -2.18. The summed E-state index contributed by atoms with van der Waals surface area (Å²) in [6.45, 7) is 0. The zero-order valence-corrected chi connectivity index (χ0v) is 9.66. The first-order valence-electron chi connectivity index (χ1n) is 6.48. The third-order valence-corrected chi connectivity index (χ3v) is 4.70. The van der Waals surface area contributed by atoms with E-state index in [0.717, 1.165) is 6.42 Å². The SMILES string of the molecule is O[C@@H]1C[C@H]2C=C[C@H]3C=C(c4ccccc4)[C@@H]1[C@H]32. The van der Waals surface area contributed by atoms with Crippen molar-refractivity contribution in [3.05, 3.63) is 54.1 Å². The molecule has 0 heterocycles. The van der Waals surface area contributed by atoms with Crippen molar-refractivity contribution in [2.24, 2.45) is 23.7 Å². The van der Waals surface area contributed by atoms with Gasteiger partial charge in [-0.3, -0.25) is 0 Å². The van der Waals surface area contributed by atoms with Gasteiger partial charge in [0.2, 0.25) is 0 Å². The van der Waals surface area contributed by atoms with Gasteiger partial charge in [-0.2, -0.15) is 0 Å². The summed E-state index contributed by atoms with van der Waals surface area (Å²) in [4.78, 5) is 0. The summed E-state index contributed by atoms with van der Waals surface area (Å²) in [5.74, 6) is 2.18. The molecular formula is C16H16O. The Morgan fingerprint density at radius 3 is 2.71 bits per heavy atom. The normalized spacial score (nSPS) is 41.7. The summed E-state index contributed by atoms with van der Waals surface area (Å²) < 4.78 is 0. The molecule has 0 bridgehead atoms. The topological polar surface area (TPSA) is 20.2 Å². The molecule has 0 radical (unpaired) electrons. The molecule has 0 amide bonds. The minimum absolute atomic E-state index is 0.147. The lowest BCUT2D eigenvalue weighted by atomic mass is 9.86. The smallest absolute Gasteiger partial charge is 0.0617 e. The molecule has 1 fully saturated rings. The third-order valence-electron chi connectivity index (χ3n) is 4.70. The molecule has 86 valence electrons. The van der Waals surface area contributed by atoms with Crippen LogP contribution in [0.25, 0.3) is 5.57 Å². The average Bonchev–Trinajstić information content (AvgIpc) is 2.98. The summed E-state index contributed by atoms with van der Waals surface area (Å²) >= 11 is 0. The molecule has 5 atom stereocenters. The van der Waals surface area contributed by atoms with Gasteiger partial charge in [-0.1, -0.05) is 48.6 Å². The fourth-order valence-corrected chi connectivity index (χ4v) is 4.06. The van der Waals surface area contributed by atoms with Crippen LogP contribution in [0.15, 0.2) is 48.6 Å². The summed E-state index contributed by atoms with van der Waals surface area (Å²) in [6, 6.07) is 10.5. The predicted molar refractivity (Wildman–Crippen MR) is 68.1 cm³/mol. The van der Waals surface area contributed by atoms with Gasteiger partial charge in [-0.15, -0.1) is 0 Å². The Hall–Kier alpha value is -1.34. The Bertz CT molecular complexity index is 500. The van der Waals surface area contributed by atoms with Crippen molar-refractivity contribution in [1.29, 1.82) is 0 Å². The van der Waals surface area contributed by atoms with Crippen molar-refractivity contribution in [1.82, 2.24) is 0 Å². The van der Waals surface area contributed by atoms with Crippen LogP contribution in [0.1, 0.15) is 12.0 Å². The van der Waals surface area contributed by atoms with Crippen molar-refractivity contribution in [2.45, 2.75) is 12.5 Å². The first-order valence-corrected chi connectivity index (χ1v) is 6.48. The molecule has 3 aliphatic rings. The zero-order chi connectivity index (χ0) is 11.4. The molecule has 1 heteroatoms. The van der Waals surface area contributed by atoms with Gasteiger partial charge in [-0.25, -0.2) is 0 Å². The van der Waals surface area contributed by atoms with Crippen LogP contribution < -0.4 is 0 Å². The zero-order valence-electron chi connectivity index (χ0n) is 9.66. The Morgan fingerprint density at radius 2 is 1.88 bits per heavy atom. The molecule has 4 rings (SSSR count). The minimum Gasteiger partial charge on any atom is -0.392 e. The van der Waals surface area contributed by atoms with Crippen LogP contribution in [-0.2, 0) is 0 Å². The maximum atomic E-state index is 10.3. The Morgan fingerprint density at radius 1 is 1.06 bits per heavy atom. The molecule has 1 aromatic rings. The van der Waals surface area contributed by atoms with E-state index in [2.05, 4.69) is 42.5 Å². The molecular weight excluding hydrogens is 208 g/mol. The van der Waals surface area contributed by atoms with E-state index in [0.29, 0.717) is 23.7 Å². The van der Waals surface area contributed by atoms with Gasteiger partial charge in [0.25, 0.3) is 0 Å². The Labute approximate surface area is 101 Å². The first kappa shape index (κ1) is 9.67. The number of benzene rings is 1. The van der Waals surface area contributed by atoms with Crippen molar-refractivity contribution < 1.29 is 5.11 Å². The van der Waals surface area contributed by atoms with E-state index in [1.54, 1.807) is 0 Å². The standard InChI is InChI=1S/C16H16O/c17-14-9-12-7-6-11-8-13(16(14)15(11)12)10-4-2-1-3-5-10/h1-8,11-12,14-17H,9H2/t11-,12+,14+,15+,16-/m0/s1. The predicted octanol–water partition coefficient (Wildman–Crippen LogP) is 2.88. The highest BCUT2D eigenvalue weighted by Gasteiger charge is 2.51. The van der Waals surface area contributed by atoms with Crippen molar-refractivity contribution in [2.75, 3.05) is 0 Å². The molecule has 1 nitrogen and oxygen atoms in total. The van der Waals surface area contributed by atoms with E-state index in [1.165, 1.54) is 11.1 Å². The van der Waals surface area contributed by atoms with E-state index in [9.17, 15) is 5.11 Å². The summed E-state index contributed by atoms with van der Waals surface area (Å²) in [7, 11) is 0.